The highest BCUT2D eigenvalue weighted by Gasteiger charge is 2.17. The molecule has 0 aliphatic rings. The standard InChI is InChI=1S/C17H13N5O/c23-17(11-4-2-1-3-5-11)14-8-13(10-19-14)16-15(20-22-21-16)12-6-7-18-9-12/h1-10,18-19H,(H,20,21,22). The van der Waals surface area contributed by atoms with Crippen LogP contribution in [0, 0.1) is 0 Å². The summed E-state index contributed by atoms with van der Waals surface area (Å²) in [5, 5.41) is 11.0. The number of nitrogens with zero attached hydrogens (tertiary/aromatic N) is 2. The summed E-state index contributed by atoms with van der Waals surface area (Å²) in [6, 6.07) is 12.9. The average molecular weight is 303 g/mol. The first-order valence-corrected chi connectivity index (χ1v) is 7.15. The Kier molecular flexibility index (Phi) is 3.12. The van der Waals surface area contributed by atoms with Gasteiger partial charge in [-0.3, -0.25) is 4.79 Å². The molecule has 1 aromatic carbocycles. The molecule has 4 rings (SSSR count). The second-order valence-electron chi connectivity index (χ2n) is 5.12. The van der Waals surface area contributed by atoms with E-state index in [1.165, 1.54) is 0 Å². The van der Waals surface area contributed by atoms with Crippen LogP contribution < -0.4 is 0 Å². The lowest BCUT2D eigenvalue weighted by atomic mass is 10.1. The number of carbonyl (C=O) groups excluding carboxylic acids is 1. The number of ketones is 1. The number of hydrogen-bond donors (Lipinski definition) is 3. The maximum absolute atomic E-state index is 12.5. The van der Waals surface area contributed by atoms with E-state index in [1.54, 1.807) is 24.4 Å². The molecule has 0 unspecified atom stereocenters. The zero-order valence-corrected chi connectivity index (χ0v) is 12.1. The molecule has 3 N–H and O–H groups in total. The molecular formula is C17H13N5O. The smallest absolute Gasteiger partial charge is 0.209 e. The summed E-state index contributed by atoms with van der Waals surface area (Å²) in [7, 11) is 0. The zero-order valence-electron chi connectivity index (χ0n) is 12.1. The van der Waals surface area contributed by atoms with Gasteiger partial charge in [0.25, 0.3) is 0 Å². The average Bonchev–Trinajstić information content (AvgIpc) is 3.33. The van der Waals surface area contributed by atoms with Gasteiger partial charge in [0.15, 0.2) is 0 Å². The van der Waals surface area contributed by atoms with E-state index >= 15 is 0 Å². The van der Waals surface area contributed by atoms with Crippen molar-refractivity contribution in [2.45, 2.75) is 0 Å². The lowest BCUT2D eigenvalue weighted by Crippen LogP contribution is -2.00. The number of rotatable bonds is 4. The summed E-state index contributed by atoms with van der Waals surface area (Å²) >= 11 is 0. The highest BCUT2D eigenvalue weighted by atomic mass is 16.1. The van der Waals surface area contributed by atoms with Crippen molar-refractivity contribution in [2.24, 2.45) is 0 Å². The molecule has 0 bridgehead atoms. The van der Waals surface area contributed by atoms with E-state index < -0.39 is 0 Å². The van der Waals surface area contributed by atoms with Gasteiger partial charge in [-0.05, 0) is 12.1 Å². The predicted molar refractivity (Wildman–Crippen MR) is 85.8 cm³/mol. The molecule has 3 aromatic heterocycles. The summed E-state index contributed by atoms with van der Waals surface area (Å²) in [5.41, 5.74) is 4.36. The number of nitrogens with one attached hydrogen (secondary N) is 3. The Labute approximate surface area is 131 Å². The van der Waals surface area contributed by atoms with Gasteiger partial charge in [0, 0.05) is 35.3 Å². The van der Waals surface area contributed by atoms with Crippen LogP contribution in [0.2, 0.25) is 0 Å². The van der Waals surface area contributed by atoms with Crippen molar-refractivity contribution in [1.29, 1.82) is 0 Å². The van der Waals surface area contributed by atoms with E-state index in [2.05, 4.69) is 25.4 Å². The molecule has 0 aliphatic heterocycles. The van der Waals surface area contributed by atoms with Crippen molar-refractivity contribution >= 4 is 5.78 Å². The largest absolute Gasteiger partial charge is 0.367 e. The summed E-state index contributed by atoms with van der Waals surface area (Å²) in [6.45, 7) is 0. The molecular weight excluding hydrogens is 290 g/mol. The van der Waals surface area contributed by atoms with Crippen molar-refractivity contribution in [3.63, 3.8) is 0 Å². The van der Waals surface area contributed by atoms with Crippen LogP contribution in [0.3, 0.4) is 0 Å². The summed E-state index contributed by atoms with van der Waals surface area (Å²) in [5.74, 6) is -0.0523. The molecule has 0 aliphatic carbocycles. The second kappa shape index (κ2) is 5.42. The third-order valence-electron chi connectivity index (χ3n) is 3.66. The Morgan fingerprint density at radius 2 is 1.70 bits per heavy atom. The quantitative estimate of drug-likeness (QED) is 0.506. The van der Waals surface area contributed by atoms with Gasteiger partial charge in [-0.1, -0.05) is 30.3 Å². The minimum Gasteiger partial charge on any atom is -0.367 e. The molecule has 0 amide bonds. The van der Waals surface area contributed by atoms with Crippen molar-refractivity contribution in [3.05, 3.63) is 72.3 Å². The number of benzene rings is 1. The first-order valence-electron chi connectivity index (χ1n) is 7.15. The molecule has 0 fully saturated rings. The molecule has 0 spiro atoms. The molecule has 23 heavy (non-hydrogen) atoms. The van der Waals surface area contributed by atoms with Crippen LogP contribution in [0.25, 0.3) is 22.5 Å². The van der Waals surface area contributed by atoms with Crippen LogP contribution in [0.4, 0.5) is 0 Å². The maximum Gasteiger partial charge on any atom is 0.209 e. The van der Waals surface area contributed by atoms with Gasteiger partial charge in [-0.2, -0.15) is 15.4 Å². The Hall–Kier alpha value is -3.41. The van der Waals surface area contributed by atoms with Crippen LogP contribution in [-0.4, -0.2) is 31.2 Å². The molecule has 0 saturated heterocycles. The van der Waals surface area contributed by atoms with Gasteiger partial charge in [0.05, 0.1) is 5.69 Å². The third-order valence-corrected chi connectivity index (χ3v) is 3.66. The topological polar surface area (TPSA) is 90.2 Å². The normalized spacial score (nSPS) is 10.8. The highest BCUT2D eigenvalue weighted by molar-refractivity contribution is 6.08. The van der Waals surface area contributed by atoms with Gasteiger partial charge in [0.2, 0.25) is 5.78 Å². The Morgan fingerprint density at radius 3 is 2.43 bits per heavy atom. The van der Waals surface area contributed by atoms with E-state index in [1.807, 2.05) is 36.7 Å². The Morgan fingerprint density at radius 1 is 0.913 bits per heavy atom. The molecule has 112 valence electrons. The zero-order chi connectivity index (χ0) is 15.6. The fourth-order valence-electron chi connectivity index (χ4n) is 2.51. The van der Waals surface area contributed by atoms with E-state index in [-0.39, 0.29) is 5.78 Å². The molecule has 4 aromatic rings. The SMILES string of the molecule is O=C(c1ccccc1)c1cc(-c2n[nH]nc2-c2cc[nH]c2)c[nH]1. The van der Waals surface area contributed by atoms with E-state index in [0.29, 0.717) is 17.0 Å². The number of aromatic nitrogens is 5. The highest BCUT2D eigenvalue weighted by Crippen LogP contribution is 2.28. The number of aromatic amines is 3. The fourth-order valence-corrected chi connectivity index (χ4v) is 2.51. The van der Waals surface area contributed by atoms with Gasteiger partial charge in [0.1, 0.15) is 11.4 Å². The molecule has 3 heterocycles. The lowest BCUT2D eigenvalue weighted by Gasteiger charge is -1.97. The molecule has 0 radical (unpaired) electrons. The lowest BCUT2D eigenvalue weighted by molar-refractivity contribution is 0.103. The molecule has 0 saturated carbocycles. The minimum absolute atomic E-state index is 0.0523. The fraction of sp³-hybridized carbons (Fsp3) is 0. The monoisotopic (exact) mass is 303 g/mol. The van der Waals surface area contributed by atoms with Crippen molar-refractivity contribution < 1.29 is 4.79 Å². The van der Waals surface area contributed by atoms with Crippen molar-refractivity contribution in [1.82, 2.24) is 25.4 Å². The van der Waals surface area contributed by atoms with Crippen LogP contribution in [0.5, 0.6) is 0 Å². The second-order valence-corrected chi connectivity index (χ2v) is 5.12. The van der Waals surface area contributed by atoms with Crippen LogP contribution in [0.1, 0.15) is 16.1 Å². The summed E-state index contributed by atoms with van der Waals surface area (Å²) < 4.78 is 0. The minimum atomic E-state index is -0.0523. The third kappa shape index (κ3) is 2.36. The van der Waals surface area contributed by atoms with Gasteiger partial charge in [-0.25, -0.2) is 0 Å². The number of carbonyl (C=O) groups is 1. The molecule has 6 heteroatoms. The molecule has 6 nitrogen and oxygen atoms in total. The maximum atomic E-state index is 12.5. The van der Waals surface area contributed by atoms with Gasteiger partial charge >= 0.3 is 0 Å². The van der Waals surface area contributed by atoms with Gasteiger partial charge < -0.3 is 9.97 Å². The Bertz CT molecular complexity index is 934. The first kappa shape index (κ1) is 13.3. The Balaban J connectivity index is 1.70. The number of hydrogen-bond acceptors (Lipinski definition) is 3. The predicted octanol–water partition coefficient (Wildman–Crippen LogP) is 3.03. The summed E-state index contributed by atoms with van der Waals surface area (Å²) in [6.07, 6.45) is 5.45. The van der Waals surface area contributed by atoms with Gasteiger partial charge in [-0.15, -0.1) is 0 Å². The van der Waals surface area contributed by atoms with Crippen molar-refractivity contribution in [2.75, 3.05) is 0 Å². The van der Waals surface area contributed by atoms with E-state index in [4.69, 9.17) is 0 Å². The van der Waals surface area contributed by atoms with Crippen LogP contribution in [0.15, 0.2) is 61.1 Å². The number of H-pyrrole nitrogens is 3. The van der Waals surface area contributed by atoms with E-state index in [0.717, 1.165) is 16.8 Å². The van der Waals surface area contributed by atoms with Crippen LogP contribution >= 0.6 is 0 Å². The van der Waals surface area contributed by atoms with Crippen molar-refractivity contribution in [3.8, 4) is 22.5 Å². The molecule has 0 atom stereocenters. The summed E-state index contributed by atoms with van der Waals surface area (Å²) in [4.78, 5) is 18.5. The first-order chi connectivity index (χ1) is 11.3. The van der Waals surface area contributed by atoms with E-state index in [9.17, 15) is 4.79 Å². The van der Waals surface area contributed by atoms with Crippen LogP contribution in [-0.2, 0) is 0 Å².